The topological polar surface area (TPSA) is 88.5 Å². The Hall–Kier alpha value is -3.65. The van der Waals surface area contributed by atoms with Crippen molar-refractivity contribution in [3.8, 4) is 11.4 Å². The van der Waals surface area contributed by atoms with E-state index in [1.165, 1.54) is 5.56 Å². The van der Waals surface area contributed by atoms with Crippen molar-refractivity contribution in [2.45, 2.75) is 20.8 Å². The second kappa shape index (κ2) is 10.1. The predicted molar refractivity (Wildman–Crippen MR) is 126 cm³/mol. The highest BCUT2D eigenvalue weighted by Crippen LogP contribution is 2.23. The fourth-order valence-corrected chi connectivity index (χ4v) is 3.39. The Labute approximate surface area is 188 Å². The number of aryl methyl sites for hydroxylation is 2. The van der Waals surface area contributed by atoms with Crippen molar-refractivity contribution in [3.63, 3.8) is 0 Å². The molecule has 8 nitrogen and oxygen atoms in total. The standard InChI is InChI=1S/C24H29N5O3/c1-16-9-11-20(12-10-16)29-18(3)24(17(2)27-29)26-23(31)15-28(4)14-22(30)25-19-7-6-8-21(13-19)32-5/h6-13H,14-15H2,1-5H3,(H,25,30)(H,26,31). The van der Waals surface area contributed by atoms with Crippen LogP contribution >= 0.6 is 0 Å². The van der Waals surface area contributed by atoms with Gasteiger partial charge in [-0.2, -0.15) is 5.10 Å². The minimum atomic E-state index is -0.215. The molecule has 3 rings (SSSR count). The maximum Gasteiger partial charge on any atom is 0.238 e. The lowest BCUT2D eigenvalue weighted by molar-refractivity contribution is -0.119. The smallest absolute Gasteiger partial charge is 0.238 e. The number of rotatable bonds is 8. The zero-order chi connectivity index (χ0) is 23.3. The first-order chi connectivity index (χ1) is 15.3. The summed E-state index contributed by atoms with van der Waals surface area (Å²) in [5.74, 6) is 0.233. The van der Waals surface area contributed by atoms with Crippen LogP contribution in [-0.2, 0) is 9.59 Å². The van der Waals surface area contributed by atoms with Gasteiger partial charge >= 0.3 is 0 Å². The lowest BCUT2D eigenvalue weighted by Crippen LogP contribution is -2.36. The molecule has 0 saturated heterocycles. The predicted octanol–water partition coefficient (Wildman–Crippen LogP) is 3.32. The molecule has 168 valence electrons. The van der Waals surface area contributed by atoms with Gasteiger partial charge in [-0.25, -0.2) is 4.68 Å². The van der Waals surface area contributed by atoms with Gasteiger partial charge in [0.1, 0.15) is 5.75 Å². The first kappa shape index (κ1) is 23.0. The van der Waals surface area contributed by atoms with Gasteiger partial charge in [0.15, 0.2) is 0 Å². The number of benzene rings is 2. The van der Waals surface area contributed by atoms with E-state index in [1.807, 2.05) is 49.7 Å². The molecule has 1 aromatic heterocycles. The fraction of sp³-hybridized carbons (Fsp3) is 0.292. The Morgan fingerprint density at radius 1 is 1.00 bits per heavy atom. The number of amides is 2. The highest BCUT2D eigenvalue weighted by atomic mass is 16.5. The molecule has 2 aromatic carbocycles. The van der Waals surface area contributed by atoms with Crippen molar-refractivity contribution in [3.05, 3.63) is 65.5 Å². The summed E-state index contributed by atoms with van der Waals surface area (Å²) in [4.78, 5) is 26.6. The normalized spacial score (nSPS) is 10.8. The third-order valence-electron chi connectivity index (χ3n) is 5.01. The van der Waals surface area contributed by atoms with E-state index in [9.17, 15) is 9.59 Å². The molecule has 0 spiro atoms. The Morgan fingerprint density at radius 2 is 1.66 bits per heavy atom. The first-order valence-electron chi connectivity index (χ1n) is 10.3. The summed E-state index contributed by atoms with van der Waals surface area (Å²) in [5, 5.41) is 10.3. The van der Waals surface area contributed by atoms with Gasteiger partial charge < -0.3 is 15.4 Å². The molecule has 0 fully saturated rings. The summed E-state index contributed by atoms with van der Waals surface area (Å²) in [6.45, 7) is 5.95. The number of aromatic nitrogens is 2. The maximum absolute atomic E-state index is 12.6. The number of carbonyl (C=O) groups excluding carboxylic acids is 2. The number of carbonyl (C=O) groups is 2. The van der Waals surface area contributed by atoms with Gasteiger partial charge in [-0.15, -0.1) is 0 Å². The lowest BCUT2D eigenvalue weighted by Gasteiger charge is -2.16. The summed E-state index contributed by atoms with van der Waals surface area (Å²) in [7, 11) is 3.29. The van der Waals surface area contributed by atoms with Crippen LogP contribution in [0.1, 0.15) is 17.0 Å². The van der Waals surface area contributed by atoms with Crippen molar-refractivity contribution in [2.24, 2.45) is 0 Å². The monoisotopic (exact) mass is 435 g/mol. The molecule has 8 heteroatoms. The van der Waals surface area contributed by atoms with Crippen LogP contribution in [0.5, 0.6) is 5.75 Å². The van der Waals surface area contributed by atoms with Crippen molar-refractivity contribution in [2.75, 3.05) is 37.9 Å². The van der Waals surface area contributed by atoms with Crippen molar-refractivity contribution >= 4 is 23.2 Å². The summed E-state index contributed by atoms with van der Waals surface area (Å²) < 4.78 is 6.97. The van der Waals surface area contributed by atoms with E-state index in [0.29, 0.717) is 17.1 Å². The number of methoxy groups -OCH3 is 1. The van der Waals surface area contributed by atoms with E-state index in [2.05, 4.69) is 15.7 Å². The van der Waals surface area contributed by atoms with Crippen LogP contribution in [0.4, 0.5) is 11.4 Å². The van der Waals surface area contributed by atoms with Crippen LogP contribution < -0.4 is 15.4 Å². The molecule has 3 aromatic rings. The molecule has 0 saturated carbocycles. The average molecular weight is 436 g/mol. The number of anilines is 2. The molecule has 0 aliphatic heterocycles. The van der Waals surface area contributed by atoms with Gasteiger partial charge in [-0.1, -0.05) is 23.8 Å². The average Bonchev–Trinajstić information content (AvgIpc) is 3.02. The number of nitrogens with one attached hydrogen (secondary N) is 2. The van der Waals surface area contributed by atoms with Crippen LogP contribution in [0, 0.1) is 20.8 Å². The first-order valence-corrected chi connectivity index (χ1v) is 10.3. The molecule has 1 heterocycles. The summed E-state index contributed by atoms with van der Waals surface area (Å²) in [6.07, 6.45) is 0. The van der Waals surface area contributed by atoms with E-state index in [-0.39, 0.29) is 24.9 Å². The highest BCUT2D eigenvalue weighted by Gasteiger charge is 2.17. The highest BCUT2D eigenvalue weighted by molar-refractivity contribution is 5.95. The molecule has 32 heavy (non-hydrogen) atoms. The number of nitrogens with zero attached hydrogens (tertiary/aromatic N) is 3. The molecule has 0 radical (unpaired) electrons. The summed E-state index contributed by atoms with van der Waals surface area (Å²) in [5.41, 5.74) is 5.00. The molecule has 0 unspecified atom stereocenters. The molecule has 0 aliphatic rings. The van der Waals surface area contributed by atoms with Crippen LogP contribution in [-0.4, -0.2) is 53.7 Å². The number of likely N-dealkylation sites (N-methyl/N-ethyl adjacent to an activating group) is 1. The number of hydrogen-bond donors (Lipinski definition) is 2. The molecular formula is C24H29N5O3. The molecule has 0 aliphatic carbocycles. The Balaban J connectivity index is 1.58. The fourth-order valence-electron chi connectivity index (χ4n) is 3.39. The van der Waals surface area contributed by atoms with Gasteiger partial charge in [0.05, 0.1) is 43.0 Å². The van der Waals surface area contributed by atoms with Gasteiger partial charge in [-0.3, -0.25) is 14.5 Å². The lowest BCUT2D eigenvalue weighted by atomic mass is 10.2. The van der Waals surface area contributed by atoms with Crippen LogP contribution in [0.25, 0.3) is 5.69 Å². The number of ether oxygens (including phenoxy) is 1. The molecule has 2 N–H and O–H groups in total. The van der Waals surface area contributed by atoms with Crippen LogP contribution in [0.15, 0.2) is 48.5 Å². The molecule has 2 amide bonds. The van der Waals surface area contributed by atoms with E-state index in [0.717, 1.165) is 17.1 Å². The van der Waals surface area contributed by atoms with Gasteiger partial charge in [0.25, 0.3) is 0 Å². The summed E-state index contributed by atoms with van der Waals surface area (Å²) in [6, 6.07) is 15.2. The Morgan fingerprint density at radius 3 is 2.31 bits per heavy atom. The Bertz CT molecular complexity index is 1110. The van der Waals surface area contributed by atoms with Crippen molar-refractivity contribution < 1.29 is 14.3 Å². The van der Waals surface area contributed by atoms with E-state index in [4.69, 9.17) is 4.74 Å². The van der Waals surface area contributed by atoms with E-state index < -0.39 is 0 Å². The number of hydrogen-bond acceptors (Lipinski definition) is 5. The quantitative estimate of drug-likeness (QED) is 0.567. The van der Waals surface area contributed by atoms with Crippen LogP contribution in [0.2, 0.25) is 0 Å². The molecule has 0 atom stereocenters. The second-order valence-corrected chi connectivity index (χ2v) is 7.79. The molecule has 0 bridgehead atoms. The minimum absolute atomic E-state index is 0.0696. The van der Waals surface area contributed by atoms with E-state index in [1.54, 1.807) is 43.3 Å². The Kier molecular flexibility index (Phi) is 7.27. The van der Waals surface area contributed by atoms with Crippen molar-refractivity contribution in [1.29, 1.82) is 0 Å². The van der Waals surface area contributed by atoms with Gasteiger partial charge in [-0.05, 0) is 52.1 Å². The van der Waals surface area contributed by atoms with Crippen molar-refractivity contribution in [1.82, 2.24) is 14.7 Å². The third kappa shape index (κ3) is 5.73. The molecular weight excluding hydrogens is 406 g/mol. The zero-order valence-corrected chi connectivity index (χ0v) is 19.1. The van der Waals surface area contributed by atoms with Gasteiger partial charge in [0.2, 0.25) is 11.8 Å². The second-order valence-electron chi connectivity index (χ2n) is 7.79. The van der Waals surface area contributed by atoms with Crippen LogP contribution in [0.3, 0.4) is 0 Å². The largest absolute Gasteiger partial charge is 0.497 e. The minimum Gasteiger partial charge on any atom is -0.497 e. The maximum atomic E-state index is 12.6. The van der Waals surface area contributed by atoms with Gasteiger partial charge in [0, 0.05) is 11.8 Å². The third-order valence-corrected chi connectivity index (χ3v) is 5.01. The zero-order valence-electron chi connectivity index (χ0n) is 19.1. The summed E-state index contributed by atoms with van der Waals surface area (Å²) >= 11 is 0. The van der Waals surface area contributed by atoms with E-state index >= 15 is 0 Å². The SMILES string of the molecule is COc1cccc(NC(=O)CN(C)CC(=O)Nc2c(C)nn(-c3ccc(C)cc3)c2C)c1.